The van der Waals surface area contributed by atoms with Crippen molar-refractivity contribution in [3.63, 3.8) is 0 Å². The molecule has 15 heavy (non-hydrogen) atoms. The highest BCUT2D eigenvalue weighted by molar-refractivity contribution is 5.90. The van der Waals surface area contributed by atoms with E-state index in [1.54, 1.807) is 0 Å². The number of ether oxygens (including phenoxy) is 3. The van der Waals surface area contributed by atoms with Crippen molar-refractivity contribution >= 4 is 5.78 Å². The molecule has 4 nitrogen and oxygen atoms in total. The third-order valence-electron chi connectivity index (χ3n) is 2.32. The normalized spacial score (nSPS) is 25.3. The maximum absolute atomic E-state index is 11.2. The largest absolute Gasteiger partial charge is 0.379 e. The highest BCUT2D eigenvalue weighted by Gasteiger charge is 2.41. The van der Waals surface area contributed by atoms with Crippen LogP contribution in [-0.4, -0.2) is 44.4 Å². The second-order valence-electron chi connectivity index (χ2n) is 3.57. The van der Waals surface area contributed by atoms with Gasteiger partial charge in [0.1, 0.15) is 6.10 Å². The molecule has 4 heteroatoms. The lowest BCUT2D eigenvalue weighted by atomic mass is 9.90. The van der Waals surface area contributed by atoms with Crippen LogP contribution < -0.4 is 0 Å². The molecule has 0 aromatic heterocycles. The van der Waals surface area contributed by atoms with Gasteiger partial charge in [-0.3, -0.25) is 4.79 Å². The lowest BCUT2D eigenvalue weighted by molar-refractivity contribution is -0.167. The molecule has 0 N–H and O–H groups in total. The summed E-state index contributed by atoms with van der Waals surface area (Å²) in [7, 11) is 0. The van der Waals surface area contributed by atoms with E-state index in [2.05, 4.69) is 0 Å². The van der Waals surface area contributed by atoms with Gasteiger partial charge in [-0.25, -0.2) is 0 Å². The molecule has 0 heterocycles. The lowest BCUT2D eigenvalue weighted by Crippen LogP contribution is -2.50. The zero-order chi connectivity index (χ0) is 11.1. The van der Waals surface area contributed by atoms with Gasteiger partial charge in [-0.2, -0.15) is 0 Å². The van der Waals surface area contributed by atoms with E-state index in [0.29, 0.717) is 32.8 Å². The van der Waals surface area contributed by atoms with Crippen LogP contribution in [0.25, 0.3) is 0 Å². The monoisotopic (exact) mass is 216 g/mol. The second kappa shape index (κ2) is 6.93. The standard InChI is InChI=1S/C11H20O4/c1-3-5-15-11-9(12)8-10(11)14-7-6-13-4-2/h10-11H,3-8H2,1-2H3. The first-order chi connectivity index (χ1) is 7.29. The fourth-order valence-electron chi connectivity index (χ4n) is 1.46. The van der Waals surface area contributed by atoms with Crippen LogP contribution in [0.2, 0.25) is 0 Å². The second-order valence-corrected chi connectivity index (χ2v) is 3.57. The predicted molar refractivity (Wildman–Crippen MR) is 55.9 cm³/mol. The van der Waals surface area contributed by atoms with E-state index < -0.39 is 0 Å². The molecule has 2 atom stereocenters. The molecule has 0 aromatic carbocycles. The van der Waals surface area contributed by atoms with Crippen molar-refractivity contribution in [2.45, 2.75) is 38.9 Å². The summed E-state index contributed by atoms with van der Waals surface area (Å²) in [5.74, 6) is 0.157. The van der Waals surface area contributed by atoms with Crippen LogP contribution in [0.3, 0.4) is 0 Å². The van der Waals surface area contributed by atoms with Crippen molar-refractivity contribution in [1.29, 1.82) is 0 Å². The molecule has 0 amide bonds. The maximum atomic E-state index is 11.2. The fourth-order valence-corrected chi connectivity index (χ4v) is 1.46. The first kappa shape index (κ1) is 12.6. The molecule has 1 aliphatic carbocycles. The van der Waals surface area contributed by atoms with Gasteiger partial charge in [0, 0.05) is 19.6 Å². The van der Waals surface area contributed by atoms with Crippen molar-refractivity contribution in [2.75, 3.05) is 26.4 Å². The Bertz CT molecular complexity index is 193. The van der Waals surface area contributed by atoms with Gasteiger partial charge in [0.15, 0.2) is 5.78 Å². The van der Waals surface area contributed by atoms with Crippen LogP contribution in [0, 0.1) is 0 Å². The molecule has 2 unspecified atom stereocenters. The van der Waals surface area contributed by atoms with Gasteiger partial charge in [0.25, 0.3) is 0 Å². The molecule has 0 aliphatic heterocycles. The Kier molecular flexibility index (Phi) is 5.83. The number of hydrogen-bond donors (Lipinski definition) is 0. The van der Waals surface area contributed by atoms with E-state index >= 15 is 0 Å². The van der Waals surface area contributed by atoms with Crippen molar-refractivity contribution in [2.24, 2.45) is 0 Å². The Morgan fingerprint density at radius 3 is 2.60 bits per heavy atom. The summed E-state index contributed by atoms with van der Waals surface area (Å²) in [6, 6.07) is 0. The molecule has 0 saturated heterocycles. The van der Waals surface area contributed by atoms with Gasteiger partial charge in [-0.15, -0.1) is 0 Å². The molecule has 1 rings (SSSR count). The topological polar surface area (TPSA) is 44.8 Å². The number of hydrogen-bond acceptors (Lipinski definition) is 4. The van der Waals surface area contributed by atoms with E-state index in [0.717, 1.165) is 6.42 Å². The zero-order valence-electron chi connectivity index (χ0n) is 9.53. The van der Waals surface area contributed by atoms with E-state index in [1.165, 1.54) is 0 Å². The summed E-state index contributed by atoms with van der Waals surface area (Å²) < 4.78 is 16.0. The first-order valence-electron chi connectivity index (χ1n) is 5.63. The highest BCUT2D eigenvalue weighted by atomic mass is 16.6. The van der Waals surface area contributed by atoms with Gasteiger partial charge < -0.3 is 14.2 Å². The minimum absolute atomic E-state index is 0.0514. The summed E-state index contributed by atoms with van der Waals surface area (Å²) in [6.45, 7) is 6.41. The summed E-state index contributed by atoms with van der Waals surface area (Å²) >= 11 is 0. The van der Waals surface area contributed by atoms with E-state index in [4.69, 9.17) is 14.2 Å². The molecule has 0 bridgehead atoms. The van der Waals surface area contributed by atoms with Crippen molar-refractivity contribution in [1.82, 2.24) is 0 Å². The molecule has 0 spiro atoms. The third kappa shape index (κ3) is 3.89. The lowest BCUT2D eigenvalue weighted by Gasteiger charge is -2.34. The molecular weight excluding hydrogens is 196 g/mol. The third-order valence-corrected chi connectivity index (χ3v) is 2.32. The van der Waals surface area contributed by atoms with Crippen molar-refractivity contribution in [3.05, 3.63) is 0 Å². The van der Waals surface area contributed by atoms with Gasteiger partial charge in [-0.1, -0.05) is 6.92 Å². The quantitative estimate of drug-likeness (QED) is 0.571. The predicted octanol–water partition coefficient (Wildman–Crippen LogP) is 1.18. The van der Waals surface area contributed by atoms with Crippen LogP contribution in [0.15, 0.2) is 0 Å². The minimum atomic E-state index is -0.327. The maximum Gasteiger partial charge on any atom is 0.166 e. The van der Waals surface area contributed by atoms with E-state index in [-0.39, 0.29) is 18.0 Å². The molecule has 88 valence electrons. The molecule has 0 radical (unpaired) electrons. The summed E-state index contributed by atoms with van der Waals surface area (Å²) in [5, 5.41) is 0. The van der Waals surface area contributed by atoms with Gasteiger partial charge >= 0.3 is 0 Å². The number of carbonyl (C=O) groups is 1. The van der Waals surface area contributed by atoms with Gasteiger partial charge in [-0.05, 0) is 13.3 Å². The Morgan fingerprint density at radius 2 is 2.00 bits per heavy atom. The molecule has 1 aliphatic rings. The van der Waals surface area contributed by atoms with Crippen molar-refractivity contribution in [3.8, 4) is 0 Å². The van der Waals surface area contributed by atoms with Crippen molar-refractivity contribution < 1.29 is 19.0 Å². The molecular formula is C11H20O4. The Balaban J connectivity index is 2.10. The van der Waals surface area contributed by atoms with Gasteiger partial charge in [0.2, 0.25) is 0 Å². The SMILES string of the molecule is CCCOC1C(=O)CC1OCCOCC. The van der Waals surface area contributed by atoms with Crippen LogP contribution in [0.1, 0.15) is 26.7 Å². The number of rotatable bonds is 8. The van der Waals surface area contributed by atoms with Crippen LogP contribution in [-0.2, 0) is 19.0 Å². The fraction of sp³-hybridized carbons (Fsp3) is 0.909. The van der Waals surface area contributed by atoms with Gasteiger partial charge in [0.05, 0.1) is 19.3 Å². The average molecular weight is 216 g/mol. The first-order valence-corrected chi connectivity index (χ1v) is 5.63. The molecule has 1 saturated carbocycles. The number of ketones is 1. The number of Topliss-reactive ketones (excluding diaryl/α,β-unsaturated/α-hetero) is 1. The number of carbonyl (C=O) groups excluding carboxylic acids is 1. The van der Waals surface area contributed by atoms with E-state index in [9.17, 15) is 4.79 Å². The average Bonchev–Trinajstić information content (AvgIpc) is 2.23. The Hall–Kier alpha value is -0.450. The summed E-state index contributed by atoms with van der Waals surface area (Å²) in [6.07, 6.45) is 1.03. The minimum Gasteiger partial charge on any atom is -0.379 e. The Labute approximate surface area is 90.9 Å². The van der Waals surface area contributed by atoms with Crippen LogP contribution in [0.4, 0.5) is 0 Å². The Morgan fingerprint density at radius 1 is 1.20 bits per heavy atom. The highest BCUT2D eigenvalue weighted by Crippen LogP contribution is 2.22. The van der Waals surface area contributed by atoms with Crippen LogP contribution in [0.5, 0.6) is 0 Å². The summed E-state index contributed by atoms with van der Waals surface area (Å²) in [5.41, 5.74) is 0. The van der Waals surface area contributed by atoms with Crippen LogP contribution >= 0.6 is 0 Å². The smallest absolute Gasteiger partial charge is 0.166 e. The van der Waals surface area contributed by atoms with E-state index in [1.807, 2.05) is 13.8 Å². The zero-order valence-corrected chi connectivity index (χ0v) is 9.53. The summed E-state index contributed by atoms with van der Waals surface area (Å²) in [4.78, 5) is 11.2. The molecule has 1 fully saturated rings. The molecule has 0 aromatic rings.